The van der Waals surface area contributed by atoms with Crippen LogP contribution in [0.4, 0.5) is 0 Å². The zero-order chi connectivity index (χ0) is 21.5. The van der Waals surface area contributed by atoms with Crippen molar-refractivity contribution in [3.05, 3.63) is 51.2 Å². The van der Waals surface area contributed by atoms with Crippen molar-refractivity contribution >= 4 is 11.8 Å². The summed E-state index contributed by atoms with van der Waals surface area (Å²) in [4.78, 5) is 49.0. The van der Waals surface area contributed by atoms with Gasteiger partial charge in [-0.15, -0.1) is 0 Å². The minimum Gasteiger partial charge on any atom is -0.454 e. The highest BCUT2D eigenvalue weighted by Crippen LogP contribution is 2.35. The quantitative estimate of drug-likeness (QED) is 0.788. The molecule has 1 unspecified atom stereocenters. The van der Waals surface area contributed by atoms with Crippen LogP contribution in [0.2, 0.25) is 0 Å². The van der Waals surface area contributed by atoms with Crippen LogP contribution in [0.1, 0.15) is 59.7 Å². The minimum atomic E-state index is -0.322. The van der Waals surface area contributed by atoms with E-state index >= 15 is 0 Å². The van der Waals surface area contributed by atoms with Crippen molar-refractivity contribution < 1.29 is 19.1 Å². The van der Waals surface area contributed by atoms with E-state index in [1.165, 1.54) is 6.92 Å². The van der Waals surface area contributed by atoms with Crippen LogP contribution in [-0.2, 0) is 17.8 Å². The molecular weight excluding hydrogens is 400 g/mol. The number of H-pyrrole nitrogens is 1. The highest BCUT2D eigenvalue weighted by Gasteiger charge is 2.33. The third-order valence-electron chi connectivity index (χ3n) is 6.24. The van der Waals surface area contributed by atoms with Gasteiger partial charge in [-0.2, -0.15) is 0 Å². The molecule has 5 rings (SSSR count). The number of piperidine rings is 1. The van der Waals surface area contributed by atoms with Crippen molar-refractivity contribution in [2.45, 2.75) is 45.2 Å². The van der Waals surface area contributed by atoms with Crippen LogP contribution in [0, 0.1) is 0 Å². The van der Waals surface area contributed by atoms with E-state index in [-0.39, 0.29) is 30.2 Å². The maximum atomic E-state index is 13.4. The molecule has 0 saturated carbocycles. The van der Waals surface area contributed by atoms with Gasteiger partial charge in [-0.25, -0.2) is 4.98 Å². The summed E-state index contributed by atoms with van der Waals surface area (Å²) in [6.45, 7) is 3.09. The van der Waals surface area contributed by atoms with Crippen LogP contribution in [0.5, 0.6) is 11.5 Å². The molecule has 4 heterocycles. The molecule has 31 heavy (non-hydrogen) atoms. The number of fused-ring (bicyclic) bond motifs is 2. The first-order valence-electron chi connectivity index (χ1n) is 10.6. The second-order valence-electron chi connectivity index (χ2n) is 8.15. The monoisotopic (exact) mass is 424 g/mol. The molecule has 1 N–H and O–H groups in total. The number of likely N-dealkylation sites (tertiary alicyclic amines) is 1. The fourth-order valence-corrected chi connectivity index (χ4v) is 4.54. The van der Waals surface area contributed by atoms with Crippen molar-refractivity contribution in [2.24, 2.45) is 0 Å². The van der Waals surface area contributed by atoms with Gasteiger partial charge in [0.2, 0.25) is 12.7 Å². The number of aromatic nitrogens is 2. The number of benzene rings is 1. The maximum Gasteiger partial charge on any atom is 0.254 e. The number of hydrogen-bond donors (Lipinski definition) is 1. The van der Waals surface area contributed by atoms with E-state index in [1.807, 2.05) is 0 Å². The van der Waals surface area contributed by atoms with Crippen LogP contribution >= 0.6 is 0 Å². The van der Waals surface area contributed by atoms with Crippen molar-refractivity contribution in [1.29, 1.82) is 0 Å². The first kappa shape index (κ1) is 19.6. The SMILES string of the molecule is CC(=O)N1CCc2c(nc(C3CCCCN3C(=O)c3ccc4c(c3)OCO4)[nH]c2=O)C1. The summed E-state index contributed by atoms with van der Waals surface area (Å²) in [6.07, 6.45) is 3.03. The fourth-order valence-electron chi connectivity index (χ4n) is 4.54. The molecule has 0 spiro atoms. The number of hydrogen-bond acceptors (Lipinski definition) is 6. The Hall–Kier alpha value is -3.36. The summed E-state index contributed by atoms with van der Waals surface area (Å²) in [5.41, 5.74) is 1.59. The normalized spacial score (nSPS) is 19.8. The van der Waals surface area contributed by atoms with E-state index in [2.05, 4.69) is 4.98 Å². The van der Waals surface area contributed by atoms with E-state index in [1.54, 1.807) is 28.0 Å². The first-order valence-corrected chi connectivity index (χ1v) is 10.6. The van der Waals surface area contributed by atoms with Gasteiger partial charge in [-0.3, -0.25) is 14.4 Å². The molecular formula is C22H24N4O5. The molecule has 3 aliphatic heterocycles. The molecule has 1 fully saturated rings. The molecule has 1 saturated heterocycles. The lowest BCUT2D eigenvalue weighted by Gasteiger charge is -2.36. The summed E-state index contributed by atoms with van der Waals surface area (Å²) in [6, 6.07) is 4.85. The van der Waals surface area contributed by atoms with Crippen LogP contribution in [-0.4, -0.2) is 51.5 Å². The van der Waals surface area contributed by atoms with E-state index < -0.39 is 0 Å². The van der Waals surface area contributed by atoms with Crippen LogP contribution in [0.15, 0.2) is 23.0 Å². The third-order valence-corrected chi connectivity index (χ3v) is 6.24. The Kier molecular flexibility index (Phi) is 4.88. The van der Waals surface area contributed by atoms with Crippen LogP contribution in [0.3, 0.4) is 0 Å². The van der Waals surface area contributed by atoms with Crippen molar-refractivity contribution in [3.8, 4) is 11.5 Å². The van der Waals surface area contributed by atoms with Crippen molar-refractivity contribution in [1.82, 2.24) is 19.8 Å². The summed E-state index contributed by atoms with van der Waals surface area (Å²) in [5.74, 6) is 1.51. The molecule has 9 nitrogen and oxygen atoms in total. The maximum absolute atomic E-state index is 13.4. The van der Waals surface area contributed by atoms with E-state index in [9.17, 15) is 14.4 Å². The summed E-state index contributed by atoms with van der Waals surface area (Å²) in [5, 5.41) is 0. The molecule has 0 bridgehead atoms. The molecule has 1 aromatic heterocycles. The molecule has 9 heteroatoms. The van der Waals surface area contributed by atoms with Gasteiger partial charge in [-0.05, 0) is 43.9 Å². The Morgan fingerprint density at radius 3 is 2.84 bits per heavy atom. The topological polar surface area (TPSA) is 105 Å². The van der Waals surface area contributed by atoms with E-state index in [0.717, 1.165) is 12.8 Å². The second kappa shape index (κ2) is 7.72. The van der Waals surface area contributed by atoms with Gasteiger partial charge in [-0.1, -0.05) is 0 Å². The minimum absolute atomic E-state index is 0.0356. The zero-order valence-electron chi connectivity index (χ0n) is 17.3. The Labute approximate surface area is 179 Å². The molecule has 1 atom stereocenters. The Morgan fingerprint density at radius 2 is 2.00 bits per heavy atom. The predicted octanol–water partition coefficient (Wildman–Crippen LogP) is 1.77. The lowest BCUT2D eigenvalue weighted by molar-refractivity contribution is -0.129. The summed E-state index contributed by atoms with van der Waals surface area (Å²) in [7, 11) is 0. The number of nitrogens with zero attached hydrogens (tertiary/aromatic N) is 3. The Bertz CT molecular complexity index is 1110. The van der Waals surface area contributed by atoms with Crippen molar-refractivity contribution in [2.75, 3.05) is 19.9 Å². The van der Waals surface area contributed by atoms with Crippen molar-refractivity contribution in [3.63, 3.8) is 0 Å². The highest BCUT2D eigenvalue weighted by atomic mass is 16.7. The van der Waals surface area contributed by atoms with Gasteiger partial charge in [0.1, 0.15) is 5.82 Å². The predicted molar refractivity (Wildman–Crippen MR) is 110 cm³/mol. The second-order valence-corrected chi connectivity index (χ2v) is 8.15. The molecule has 2 aromatic rings. The smallest absolute Gasteiger partial charge is 0.254 e. The Morgan fingerprint density at radius 1 is 1.16 bits per heavy atom. The average Bonchev–Trinajstić information content (AvgIpc) is 3.26. The number of carbonyl (C=O) groups is 2. The molecule has 2 amide bonds. The molecule has 0 aliphatic carbocycles. The van der Waals surface area contributed by atoms with E-state index in [0.29, 0.717) is 66.6 Å². The zero-order valence-corrected chi connectivity index (χ0v) is 17.3. The molecule has 3 aliphatic rings. The van der Waals surface area contributed by atoms with Crippen LogP contribution in [0.25, 0.3) is 0 Å². The van der Waals surface area contributed by atoms with Gasteiger partial charge in [0.15, 0.2) is 11.5 Å². The number of ether oxygens (including phenoxy) is 2. The standard InChI is InChI=1S/C22H24N4O5/c1-13(27)25-9-7-15-16(11-25)23-20(24-21(15)28)17-4-2-3-8-26(17)22(29)14-5-6-18-19(10-14)31-12-30-18/h5-6,10,17H,2-4,7-9,11-12H2,1H3,(H,23,24,28). The first-order chi connectivity index (χ1) is 15.0. The number of carbonyl (C=O) groups excluding carboxylic acids is 2. The lowest BCUT2D eigenvalue weighted by Crippen LogP contribution is -2.42. The summed E-state index contributed by atoms with van der Waals surface area (Å²) >= 11 is 0. The number of rotatable bonds is 2. The highest BCUT2D eigenvalue weighted by molar-refractivity contribution is 5.95. The lowest BCUT2D eigenvalue weighted by atomic mass is 9.99. The number of amides is 2. The molecule has 0 radical (unpaired) electrons. The summed E-state index contributed by atoms with van der Waals surface area (Å²) < 4.78 is 10.7. The van der Waals surface area contributed by atoms with Crippen LogP contribution < -0.4 is 15.0 Å². The molecule has 162 valence electrons. The van der Waals surface area contributed by atoms with Gasteiger partial charge in [0, 0.05) is 31.1 Å². The Balaban J connectivity index is 1.46. The largest absolute Gasteiger partial charge is 0.454 e. The number of aromatic amines is 1. The van der Waals surface area contributed by atoms with Gasteiger partial charge in [0.25, 0.3) is 11.5 Å². The average molecular weight is 424 g/mol. The van der Waals surface area contributed by atoms with Gasteiger partial charge >= 0.3 is 0 Å². The molecule has 1 aromatic carbocycles. The number of nitrogens with one attached hydrogen (secondary N) is 1. The van der Waals surface area contributed by atoms with Gasteiger partial charge in [0.05, 0.1) is 18.3 Å². The van der Waals surface area contributed by atoms with Gasteiger partial charge < -0.3 is 24.3 Å². The van der Waals surface area contributed by atoms with E-state index in [4.69, 9.17) is 14.5 Å². The fraction of sp³-hybridized carbons (Fsp3) is 0.455. The third kappa shape index (κ3) is 3.54.